The van der Waals surface area contributed by atoms with Crippen LogP contribution in [0.5, 0.6) is 0 Å². The number of anilines is 2. The maximum atomic E-state index is 12.6. The Kier molecular flexibility index (Phi) is 7.98. The van der Waals surface area contributed by atoms with Gasteiger partial charge in [-0.25, -0.2) is 4.79 Å². The highest BCUT2D eigenvalue weighted by Crippen LogP contribution is 2.14. The molecule has 1 aromatic carbocycles. The number of hydrogen-bond donors (Lipinski definition) is 3. The van der Waals surface area contributed by atoms with Crippen molar-refractivity contribution in [3.63, 3.8) is 0 Å². The second kappa shape index (κ2) is 11.1. The Morgan fingerprint density at radius 1 is 0.971 bits per heavy atom. The Labute approximate surface area is 196 Å². The molecule has 0 atom stereocenters. The summed E-state index contributed by atoms with van der Waals surface area (Å²) < 4.78 is 7.92. The van der Waals surface area contributed by atoms with E-state index in [-0.39, 0.29) is 29.8 Å². The molecule has 2 aromatic heterocycles. The Morgan fingerprint density at radius 3 is 2.41 bits per heavy atom. The third kappa shape index (κ3) is 6.65. The average molecular weight is 469 g/mol. The van der Waals surface area contributed by atoms with Gasteiger partial charge < -0.3 is 20.3 Å². The lowest BCUT2D eigenvalue weighted by Crippen LogP contribution is -2.32. The van der Waals surface area contributed by atoms with Gasteiger partial charge in [-0.3, -0.25) is 24.3 Å². The normalized spacial score (nSPS) is 10.7. The van der Waals surface area contributed by atoms with E-state index in [1.165, 1.54) is 21.5 Å². The zero-order valence-electron chi connectivity index (χ0n) is 19.5. The molecule has 3 rings (SSSR count). The molecule has 0 aliphatic heterocycles. The van der Waals surface area contributed by atoms with Gasteiger partial charge in [0, 0.05) is 39.3 Å². The van der Waals surface area contributed by atoms with Crippen LogP contribution in [-0.2, 0) is 25.4 Å². The number of rotatable bonds is 9. The maximum absolute atomic E-state index is 12.6. The van der Waals surface area contributed by atoms with Crippen molar-refractivity contribution in [1.82, 2.24) is 29.8 Å². The van der Waals surface area contributed by atoms with Crippen molar-refractivity contribution in [2.45, 2.75) is 6.61 Å². The number of aromatic nitrogens is 4. The number of ether oxygens (including phenoxy) is 1. The summed E-state index contributed by atoms with van der Waals surface area (Å²) in [6.45, 7) is 1.29. The third-order valence-electron chi connectivity index (χ3n) is 4.75. The number of hydrogen-bond acceptors (Lipinski definition) is 7. The molecule has 34 heavy (non-hydrogen) atoms. The number of carbonyl (C=O) groups excluding carboxylic acids is 3. The molecule has 3 aromatic rings. The van der Waals surface area contributed by atoms with Gasteiger partial charge in [0.15, 0.2) is 11.5 Å². The van der Waals surface area contributed by atoms with Crippen molar-refractivity contribution in [2.75, 3.05) is 37.8 Å². The van der Waals surface area contributed by atoms with Gasteiger partial charge in [-0.2, -0.15) is 10.2 Å². The fourth-order valence-electron chi connectivity index (χ4n) is 2.96. The molecule has 0 saturated carbocycles. The summed E-state index contributed by atoms with van der Waals surface area (Å²) in [5.74, 6) is -0.354. The summed E-state index contributed by atoms with van der Waals surface area (Å²) in [7, 11) is 7.02. The quantitative estimate of drug-likeness (QED) is 0.432. The van der Waals surface area contributed by atoms with Crippen LogP contribution in [0.2, 0.25) is 0 Å². The molecule has 0 saturated heterocycles. The minimum Gasteiger partial charge on any atom is -0.444 e. The molecule has 3 N–H and O–H groups in total. The summed E-state index contributed by atoms with van der Waals surface area (Å²) in [5, 5.41) is 16.2. The first kappa shape index (κ1) is 24.5. The van der Waals surface area contributed by atoms with Gasteiger partial charge in [0.1, 0.15) is 18.1 Å². The Bertz CT molecular complexity index is 1150. The van der Waals surface area contributed by atoms with Crippen LogP contribution in [0.4, 0.5) is 16.4 Å². The molecule has 2 heterocycles. The summed E-state index contributed by atoms with van der Waals surface area (Å²) in [6.07, 6.45) is -0.673. The van der Waals surface area contributed by atoms with Crippen LogP contribution >= 0.6 is 0 Å². The molecule has 0 bridgehead atoms. The fraction of sp³-hybridized carbons (Fsp3) is 0.318. The number of aryl methyl sites for hydroxylation is 2. The lowest BCUT2D eigenvalue weighted by molar-refractivity contribution is 0.0940. The summed E-state index contributed by atoms with van der Waals surface area (Å²) in [4.78, 5) is 39.0. The zero-order valence-corrected chi connectivity index (χ0v) is 19.5. The van der Waals surface area contributed by atoms with E-state index in [0.29, 0.717) is 18.8 Å². The topological polar surface area (TPSA) is 135 Å². The van der Waals surface area contributed by atoms with Gasteiger partial charge in [-0.1, -0.05) is 30.3 Å². The number of carbonyl (C=O) groups is 3. The molecule has 12 nitrogen and oxygen atoms in total. The van der Waals surface area contributed by atoms with E-state index < -0.39 is 12.0 Å². The first-order valence-corrected chi connectivity index (χ1v) is 10.5. The van der Waals surface area contributed by atoms with Gasteiger partial charge in [-0.05, 0) is 19.7 Å². The third-order valence-corrected chi connectivity index (χ3v) is 4.75. The Balaban J connectivity index is 1.57. The van der Waals surface area contributed by atoms with E-state index >= 15 is 0 Å². The smallest absolute Gasteiger partial charge is 0.413 e. The van der Waals surface area contributed by atoms with Gasteiger partial charge in [-0.15, -0.1) is 0 Å². The molecule has 180 valence electrons. The first-order valence-electron chi connectivity index (χ1n) is 10.5. The largest absolute Gasteiger partial charge is 0.444 e. The molecule has 0 radical (unpaired) electrons. The highest BCUT2D eigenvalue weighted by molar-refractivity contribution is 6.04. The van der Waals surface area contributed by atoms with Crippen molar-refractivity contribution in [3.05, 3.63) is 59.4 Å². The molecule has 0 fully saturated rings. The van der Waals surface area contributed by atoms with Crippen LogP contribution in [0.3, 0.4) is 0 Å². The van der Waals surface area contributed by atoms with E-state index in [4.69, 9.17) is 4.74 Å². The summed E-state index contributed by atoms with van der Waals surface area (Å²) >= 11 is 0. The van der Waals surface area contributed by atoms with Crippen molar-refractivity contribution in [3.8, 4) is 0 Å². The lowest BCUT2D eigenvalue weighted by atomic mass is 10.2. The van der Waals surface area contributed by atoms with Crippen LogP contribution in [-0.4, -0.2) is 69.6 Å². The van der Waals surface area contributed by atoms with E-state index in [0.717, 1.165) is 5.56 Å². The Hall–Kier alpha value is -4.19. The van der Waals surface area contributed by atoms with Crippen LogP contribution in [0.1, 0.15) is 26.5 Å². The fourth-order valence-corrected chi connectivity index (χ4v) is 2.96. The van der Waals surface area contributed by atoms with E-state index in [2.05, 4.69) is 26.1 Å². The van der Waals surface area contributed by atoms with E-state index in [1.54, 1.807) is 14.1 Å². The van der Waals surface area contributed by atoms with Crippen molar-refractivity contribution in [1.29, 1.82) is 0 Å². The predicted octanol–water partition coefficient (Wildman–Crippen LogP) is 1.45. The predicted molar refractivity (Wildman–Crippen MR) is 126 cm³/mol. The molecule has 12 heteroatoms. The number of benzene rings is 1. The number of likely N-dealkylation sites (N-methyl/N-ethyl adjacent to an activating group) is 1. The molecular formula is C22H28N8O4. The molecule has 3 amide bonds. The van der Waals surface area contributed by atoms with E-state index in [1.807, 2.05) is 49.3 Å². The maximum Gasteiger partial charge on any atom is 0.413 e. The summed E-state index contributed by atoms with van der Waals surface area (Å²) in [6, 6.07) is 12.2. The monoisotopic (exact) mass is 468 g/mol. The number of amides is 3. The lowest BCUT2D eigenvalue weighted by Gasteiger charge is -2.10. The zero-order chi connectivity index (χ0) is 24.7. The Morgan fingerprint density at radius 2 is 1.71 bits per heavy atom. The van der Waals surface area contributed by atoms with Gasteiger partial charge in [0.25, 0.3) is 11.8 Å². The molecule has 0 unspecified atom stereocenters. The molecule has 0 spiro atoms. The van der Waals surface area contributed by atoms with E-state index in [9.17, 15) is 14.4 Å². The molecular weight excluding hydrogens is 440 g/mol. The summed E-state index contributed by atoms with van der Waals surface area (Å²) in [5.41, 5.74) is 1.21. The molecule has 0 aliphatic carbocycles. The van der Waals surface area contributed by atoms with Gasteiger partial charge in [0.05, 0.1) is 0 Å². The average Bonchev–Trinajstić information content (AvgIpc) is 3.34. The standard InChI is InChI=1S/C22H28N8O4/c1-28(2)11-10-23-21(32)17-13-18(27-29(17)3)24-20(31)16-12-19(30(4)26-16)25-22(33)34-14-15-8-6-5-7-9-15/h5-9,12-13H,10-11,14H2,1-4H3,(H,23,32)(H,25,33)(H,24,27,31). The van der Waals surface area contributed by atoms with Gasteiger partial charge in [0.2, 0.25) is 0 Å². The number of nitrogens with zero attached hydrogens (tertiary/aromatic N) is 5. The highest BCUT2D eigenvalue weighted by atomic mass is 16.5. The van der Waals surface area contributed by atoms with Crippen molar-refractivity contribution in [2.24, 2.45) is 14.1 Å². The first-order chi connectivity index (χ1) is 16.2. The van der Waals surface area contributed by atoms with Gasteiger partial charge >= 0.3 is 6.09 Å². The van der Waals surface area contributed by atoms with Crippen LogP contribution < -0.4 is 16.0 Å². The SMILES string of the molecule is CN(C)CCNC(=O)c1cc(NC(=O)c2cc(NC(=O)OCc3ccccc3)n(C)n2)nn1C. The number of nitrogens with one attached hydrogen (secondary N) is 3. The second-order valence-electron chi connectivity index (χ2n) is 7.78. The minimum atomic E-state index is -0.673. The highest BCUT2D eigenvalue weighted by Gasteiger charge is 2.18. The van der Waals surface area contributed by atoms with Crippen LogP contribution in [0, 0.1) is 0 Å². The minimum absolute atomic E-state index is 0.0588. The second-order valence-corrected chi connectivity index (χ2v) is 7.78. The van der Waals surface area contributed by atoms with Crippen LogP contribution in [0.15, 0.2) is 42.5 Å². The molecule has 0 aliphatic rings. The van der Waals surface area contributed by atoms with Crippen molar-refractivity contribution >= 4 is 29.5 Å². The van der Waals surface area contributed by atoms with Crippen molar-refractivity contribution < 1.29 is 19.1 Å². The van der Waals surface area contributed by atoms with Crippen LogP contribution in [0.25, 0.3) is 0 Å².